The van der Waals surface area contributed by atoms with Gasteiger partial charge in [-0.3, -0.25) is 0 Å². The van der Waals surface area contributed by atoms with E-state index in [2.05, 4.69) is 22.4 Å². The number of anilines is 2. The first-order valence-electron chi connectivity index (χ1n) is 11.2. The molecule has 0 fully saturated rings. The molecule has 170 valence electrons. The van der Waals surface area contributed by atoms with Crippen molar-refractivity contribution in [3.8, 4) is 11.6 Å². The lowest BCUT2D eigenvalue weighted by molar-refractivity contribution is 0.142. The van der Waals surface area contributed by atoms with Gasteiger partial charge in [-0.25, -0.2) is 4.79 Å². The largest absolute Gasteiger partial charge is 0.512 e. The number of benzene rings is 4. The minimum atomic E-state index is -1.35. The van der Waals surface area contributed by atoms with E-state index < -0.39 is 6.16 Å². The van der Waals surface area contributed by atoms with E-state index in [4.69, 9.17) is 9.47 Å². The van der Waals surface area contributed by atoms with Crippen molar-refractivity contribution in [2.45, 2.75) is 12.8 Å². The van der Waals surface area contributed by atoms with Crippen molar-refractivity contribution in [3.63, 3.8) is 0 Å². The number of fused-ring (bicyclic) bond motifs is 2. The number of carboxylic acid groups (broad SMARTS) is 1. The molecule has 3 N–H and O–H groups in total. The van der Waals surface area contributed by atoms with Crippen LogP contribution >= 0.6 is 0 Å². The third-order valence-corrected chi connectivity index (χ3v) is 5.72. The standard InChI is InChI=1S/C28H24N2O4/c31-28(32)34-27-23(15-8-18-33-25-17-6-10-19-9-4-5-13-21(19)25)22-14-7-16-24(26(22)30-27)29-20-11-2-1-3-12-20/h1-7,9-14,16-17,29-30H,8,15,18H2,(H,31,32). The molecule has 0 unspecified atom stereocenters. The second-order valence-electron chi connectivity index (χ2n) is 7.95. The number of para-hydroxylation sites is 2. The van der Waals surface area contributed by atoms with Crippen molar-refractivity contribution >= 4 is 39.2 Å². The molecule has 6 nitrogen and oxygen atoms in total. The molecule has 0 atom stereocenters. The quantitative estimate of drug-likeness (QED) is 0.172. The highest BCUT2D eigenvalue weighted by Gasteiger charge is 2.17. The number of H-pyrrole nitrogens is 1. The van der Waals surface area contributed by atoms with E-state index in [1.165, 1.54) is 0 Å². The number of aromatic nitrogens is 1. The summed E-state index contributed by atoms with van der Waals surface area (Å²) < 4.78 is 11.2. The van der Waals surface area contributed by atoms with Gasteiger partial charge in [0, 0.05) is 22.0 Å². The SMILES string of the molecule is O=C(O)Oc1[nH]c2c(Nc3ccccc3)cccc2c1CCCOc1cccc2ccccc12. The zero-order chi connectivity index (χ0) is 23.3. The normalized spacial score (nSPS) is 10.9. The third kappa shape index (κ3) is 4.52. The summed E-state index contributed by atoms with van der Waals surface area (Å²) in [5, 5.41) is 15.8. The third-order valence-electron chi connectivity index (χ3n) is 5.72. The van der Waals surface area contributed by atoms with Gasteiger partial charge in [0.05, 0.1) is 17.8 Å². The Hall–Kier alpha value is -4.45. The number of hydrogen-bond acceptors (Lipinski definition) is 4. The van der Waals surface area contributed by atoms with Crippen molar-refractivity contribution in [2.24, 2.45) is 0 Å². The molecule has 0 aliphatic heterocycles. The molecule has 34 heavy (non-hydrogen) atoms. The van der Waals surface area contributed by atoms with E-state index in [1.54, 1.807) is 0 Å². The number of aryl methyl sites for hydroxylation is 1. The molecule has 0 saturated carbocycles. The fraction of sp³-hybridized carbons (Fsp3) is 0.107. The Morgan fingerprint density at radius 1 is 0.853 bits per heavy atom. The first kappa shape index (κ1) is 21.4. The van der Waals surface area contributed by atoms with Crippen molar-refractivity contribution in [2.75, 3.05) is 11.9 Å². The lowest BCUT2D eigenvalue weighted by Gasteiger charge is -2.10. The highest BCUT2D eigenvalue weighted by molar-refractivity contribution is 5.97. The maximum absolute atomic E-state index is 11.3. The van der Waals surface area contributed by atoms with Gasteiger partial charge in [0.1, 0.15) is 5.75 Å². The van der Waals surface area contributed by atoms with Crippen LogP contribution in [0, 0.1) is 0 Å². The Morgan fingerprint density at radius 2 is 1.59 bits per heavy atom. The first-order valence-corrected chi connectivity index (χ1v) is 11.2. The summed E-state index contributed by atoms with van der Waals surface area (Å²) in [6.45, 7) is 0.495. The van der Waals surface area contributed by atoms with Gasteiger partial charge in [0.25, 0.3) is 0 Å². The zero-order valence-electron chi connectivity index (χ0n) is 18.5. The van der Waals surface area contributed by atoms with Gasteiger partial charge < -0.3 is 24.9 Å². The van der Waals surface area contributed by atoms with Crippen molar-refractivity contribution in [3.05, 3.63) is 96.6 Å². The first-order chi connectivity index (χ1) is 16.7. The van der Waals surface area contributed by atoms with Crippen LogP contribution in [0.3, 0.4) is 0 Å². The predicted octanol–water partition coefficient (Wildman–Crippen LogP) is 7.13. The van der Waals surface area contributed by atoms with Gasteiger partial charge in [0.15, 0.2) is 0 Å². The summed E-state index contributed by atoms with van der Waals surface area (Å²) in [7, 11) is 0. The molecule has 5 rings (SSSR count). The minimum absolute atomic E-state index is 0.245. The Bertz CT molecular complexity index is 1440. The molecule has 1 heterocycles. The van der Waals surface area contributed by atoms with Crippen LogP contribution in [0.1, 0.15) is 12.0 Å². The lowest BCUT2D eigenvalue weighted by Crippen LogP contribution is -2.06. The van der Waals surface area contributed by atoms with E-state index in [-0.39, 0.29) is 5.88 Å². The van der Waals surface area contributed by atoms with Crippen molar-refractivity contribution < 1.29 is 19.4 Å². The Morgan fingerprint density at radius 3 is 2.44 bits per heavy atom. The zero-order valence-corrected chi connectivity index (χ0v) is 18.5. The molecule has 0 aliphatic carbocycles. The Labute approximate surface area is 196 Å². The Balaban J connectivity index is 1.37. The van der Waals surface area contributed by atoms with Gasteiger partial charge in [0.2, 0.25) is 5.88 Å². The monoisotopic (exact) mass is 452 g/mol. The lowest BCUT2D eigenvalue weighted by atomic mass is 10.1. The molecule has 0 spiro atoms. The molecule has 5 aromatic rings. The second kappa shape index (κ2) is 9.58. The smallest absolute Gasteiger partial charge is 0.493 e. The number of carbonyl (C=O) groups is 1. The number of rotatable bonds is 8. The molecule has 0 bridgehead atoms. The Kier molecular flexibility index (Phi) is 6.03. The van der Waals surface area contributed by atoms with Crippen molar-refractivity contribution in [1.29, 1.82) is 0 Å². The van der Waals surface area contributed by atoms with E-state index in [0.717, 1.165) is 44.4 Å². The molecular weight excluding hydrogens is 428 g/mol. The van der Waals surface area contributed by atoms with E-state index in [1.807, 2.05) is 78.9 Å². The van der Waals surface area contributed by atoms with Gasteiger partial charge in [-0.1, -0.05) is 66.7 Å². The van der Waals surface area contributed by atoms with Crippen LogP contribution < -0.4 is 14.8 Å². The molecular formula is C28H24N2O4. The molecule has 6 heteroatoms. The van der Waals surface area contributed by atoms with Crippen LogP contribution in [-0.4, -0.2) is 22.9 Å². The van der Waals surface area contributed by atoms with Crippen LogP contribution in [0.4, 0.5) is 16.2 Å². The van der Waals surface area contributed by atoms with Gasteiger partial charge in [-0.05, 0) is 42.5 Å². The molecule has 0 amide bonds. The topological polar surface area (TPSA) is 83.6 Å². The average Bonchev–Trinajstić information content (AvgIpc) is 3.20. The maximum Gasteiger partial charge on any atom is 0.512 e. The minimum Gasteiger partial charge on any atom is -0.493 e. The summed E-state index contributed by atoms with van der Waals surface area (Å²) in [4.78, 5) is 14.5. The van der Waals surface area contributed by atoms with Crippen molar-refractivity contribution in [1.82, 2.24) is 4.98 Å². The summed E-state index contributed by atoms with van der Waals surface area (Å²) in [6, 6.07) is 29.8. The molecule has 1 aromatic heterocycles. The molecule has 4 aromatic carbocycles. The number of ether oxygens (including phenoxy) is 2. The summed E-state index contributed by atoms with van der Waals surface area (Å²) in [5.74, 6) is 1.09. The number of aromatic amines is 1. The average molecular weight is 453 g/mol. The molecule has 0 aliphatic rings. The summed E-state index contributed by atoms with van der Waals surface area (Å²) in [6.07, 6.45) is -0.0534. The molecule has 0 saturated heterocycles. The van der Waals surface area contributed by atoms with E-state index in [9.17, 15) is 9.90 Å². The van der Waals surface area contributed by atoms with E-state index >= 15 is 0 Å². The van der Waals surface area contributed by atoms with Gasteiger partial charge in [-0.2, -0.15) is 0 Å². The van der Waals surface area contributed by atoms with Crippen LogP contribution in [0.2, 0.25) is 0 Å². The van der Waals surface area contributed by atoms with Crippen LogP contribution in [0.25, 0.3) is 21.7 Å². The highest BCUT2D eigenvalue weighted by atomic mass is 16.7. The number of nitrogens with one attached hydrogen (secondary N) is 2. The van der Waals surface area contributed by atoms with Crippen LogP contribution in [-0.2, 0) is 6.42 Å². The predicted molar refractivity (Wildman–Crippen MR) is 134 cm³/mol. The van der Waals surface area contributed by atoms with Crippen LogP contribution in [0.5, 0.6) is 11.6 Å². The highest BCUT2D eigenvalue weighted by Crippen LogP contribution is 2.35. The van der Waals surface area contributed by atoms with Gasteiger partial charge in [-0.15, -0.1) is 0 Å². The van der Waals surface area contributed by atoms with Gasteiger partial charge >= 0.3 is 6.16 Å². The summed E-state index contributed by atoms with van der Waals surface area (Å²) in [5.41, 5.74) is 3.40. The van der Waals surface area contributed by atoms with E-state index in [0.29, 0.717) is 19.4 Å². The molecule has 0 radical (unpaired) electrons. The maximum atomic E-state index is 11.3. The fourth-order valence-electron chi connectivity index (χ4n) is 4.21. The fourth-order valence-corrected chi connectivity index (χ4v) is 4.21. The second-order valence-corrected chi connectivity index (χ2v) is 7.95. The number of hydrogen-bond donors (Lipinski definition) is 3. The summed E-state index contributed by atoms with van der Waals surface area (Å²) >= 11 is 0. The van der Waals surface area contributed by atoms with Crippen LogP contribution in [0.15, 0.2) is 91.0 Å².